The Balaban J connectivity index is 1.50. The molecule has 6 nitrogen and oxygen atoms in total. The molecule has 0 radical (unpaired) electrons. The summed E-state index contributed by atoms with van der Waals surface area (Å²) in [6.45, 7) is 3.21. The maximum atomic E-state index is 13.1. The minimum atomic E-state index is -0.338. The third kappa shape index (κ3) is 3.45. The first-order valence-electron chi connectivity index (χ1n) is 8.99. The smallest absolute Gasteiger partial charge is 0.253 e. The number of benzene rings is 1. The average Bonchev–Trinajstić information content (AvgIpc) is 3.14. The van der Waals surface area contributed by atoms with Gasteiger partial charge in [-0.25, -0.2) is 14.4 Å². The third-order valence-electron chi connectivity index (χ3n) is 5.02. The van der Waals surface area contributed by atoms with Crippen LogP contribution in [0.2, 0.25) is 0 Å². The van der Waals surface area contributed by atoms with Crippen LogP contribution >= 0.6 is 0 Å². The summed E-state index contributed by atoms with van der Waals surface area (Å²) in [6, 6.07) is 5.71. The van der Waals surface area contributed by atoms with Crippen LogP contribution in [-0.2, 0) is 0 Å². The molecule has 0 saturated carbocycles. The molecule has 2 aromatic heterocycles. The first kappa shape index (κ1) is 17.3. The first-order valence-corrected chi connectivity index (χ1v) is 8.99. The fraction of sp³-hybridized carbons (Fsp3) is 0.300. The van der Waals surface area contributed by atoms with Crippen molar-refractivity contribution in [3.63, 3.8) is 0 Å². The number of aryl methyl sites for hydroxylation is 1. The maximum Gasteiger partial charge on any atom is 0.253 e. The molecule has 27 heavy (non-hydrogen) atoms. The van der Waals surface area contributed by atoms with E-state index < -0.39 is 0 Å². The zero-order valence-corrected chi connectivity index (χ0v) is 15.0. The van der Waals surface area contributed by atoms with Gasteiger partial charge in [0.2, 0.25) is 0 Å². The van der Waals surface area contributed by atoms with Gasteiger partial charge in [0.1, 0.15) is 11.6 Å². The molecule has 1 aliphatic heterocycles. The van der Waals surface area contributed by atoms with E-state index in [1.54, 1.807) is 18.6 Å². The lowest BCUT2D eigenvalue weighted by atomic mass is 9.92. The molecule has 1 saturated heterocycles. The Morgan fingerprint density at radius 1 is 1.04 bits per heavy atom. The molecule has 7 heteroatoms. The topological polar surface area (TPSA) is 63.9 Å². The summed E-state index contributed by atoms with van der Waals surface area (Å²) < 4.78 is 15.0. The van der Waals surface area contributed by atoms with Crippen molar-refractivity contribution in [1.29, 1.82) is 0 Å². The zero-order chi connectivity index (χ0) is 18.8. The van der Waals surface area contributed by atoms with Crippen LogP contribution in [0.3, 0.4) is 0 Å². The molecule has 0 bridgehead atoms. The predicted molar refractivity (Wildman–Crippen MR) is 98.2 cm³/mol. The van der Waals surface area contributed by atoms with E-state index in [1.165, 1.54) is 24.3 Å². The molecule has 0 unspecified atom stereocenters. The van der Waals surface area contributed by atoms with E-state index >= 15 is 0 Å². The molecule has 1 aromatic carbocycles. The summed E-state index contributed by atoms with van der Waals surface area (Å²) in [4.78, 5) is 27.8. The molecule has 0 spiro atoms. The lowest BCUT2D eigenvalue weighted by Gasteiger charge is -2.32. The van der Waals surface area contributed by atoms with Crippen LogP contribution in [0, 0.1) is 12.7 Å². The SMILES string of the molecule is Cc1nccn1-c1nccnc1C1CCN(C(=O)c2ccc(F)cc2)CC1. The Hall–Kier alpha value is -3.09. The second kappa shape index (κ2) is 7.26. The quantitative estimate of drug-likeness (QED) is 0.715. The third-order valence-corrected chi connectivity index (χ3v) is 5.02. The first-order chi connectivity index (χ1) is 13.1. The molecule has 0 N–H and O–H groups in total. The minimum absolute atomic E-state index is 0.0572. The average molecular weight is 365 g/mol. The van der Waals surface area contributed by atoms with Crippen molar-refractivity contribution in [3.8, 4) is 5.82 Å². The summed E-state index contributed by atoms with van der Waals surface area (Å²) in [7, 11) is 0. The second-order valence-corrected chi connectivity index (χ2v) is 6.68. The largest absolute Gasteiger partial charge is 0.339 e. The highest BCUT2D eigenvalue weighted by molar-refractivity contribution is 5.94. The van der Waals surface area contributed by atoms with Gasteiger partial charge in [-0.3, -0.25) is 14.3 Å². The predicted octanol–water partition coefficient (Wildman–Crippen LogP) is 3.13. The highest BCUT2D eigenvalue weighted by Gasteiger charge is 2.27. The number of likely N-dealkylation sites (tertiary alicyclic amines) is 1. The Morgan fingerprint density at radius 2 is 1.74 bits per heavy atom. The van der Waals surface area contributed by atoms with Gasteiger partial charge >= 0.3 is 0 Å². The van der Waals surface area contributed by atoms with Crippen LogP contribution in [-0.4, -0.2) is 43.4 Å². The molecule has 3 aromatic rings. The van der Waals surface area contributed by atoms with Gasteiger partial charge in [0.15, 0.2) is 5.82 Å². The monoisotopic (exact) mass is 365 g/mol. The van der Waals surface area contributed by atoms with Crippen LogP contribution in [0.25, 0.3) is 5.82 Å². The minimum Gasteiger partial charge on any atom is -0.339 e. The molecule has 0 aliphatic carbocycles. The normalized spacial score (nSPS) is 15.1. The summed E-state index contributed by atoms with van der Waals surface area (Å²) in [5.41, 5.74) is 1.46. The molecular weight excluding hydrogens is 345 g/mol. The summed E-state index contributed by atoms with van der Waals surface area (Å²) in [6.07, 6.45) is 8.65. The van der Waals surface area contributed by atoms with Crippen LogP contribution in [0.5, 0.6) is 0 Å². The number of halogens is 1. The van der Waals surface area contributed by atoms with Gasteiger partial charge in [-0.05, 0) is 44.0 Å². The Kier molecular flexibility index (Phi) is 4.66. The molecule has 0 atom stereocenters. The lowest BCUT2D eigenvalue weighted by Crippen LogP contribution is -2.38. The number of piperidine rings is 1. The molecule has 4 rings (SSSR count). The number of nitrogens with zero attached hydrogens (tertiary/aromatic N) is 5. The van der Waals surface area contributed by atoms with E-state index in [9.17, 15) is 9.18 Å². The van der Waals surface area contributed by atoms with E-state index in [-0.39, 0.29) is 17.6 Å². The lowest BCUT2D eigenvalue weighted by molar-refractivity contribution is 0.0712. The van der Waals surface area contributed by atoms with Gasteiger partial charge in [0.05, 0.1) is 5.69 Å². The van der Waals surface area contributed by atoms with Crippen LogP contribution in [0.1, 0.15) is 40.6 Å². The molecule has 1 aliphatic rings. The van der Waals surface area contributed by atoms with E-state index in [0.717, 1.165) is 30.2 Å². The van der Waals surface area contributed by atoms with Crippen molar-refractivity contribution < 1.29 is 9.18 Å². The van der Waals surface area contributed by atoms with E-state index in [2.05, 4.69) is 15.0 Å². The molecule has 1 fully saturated rings. The van der Waals surface area contributed by atoms with Crippen LogP contribution < -0.4 is 0 Å². The second-order valence-electron chi connectivity index (χ2n) is 6.68. The number of hydrogen-bond donors (Lipinski definition) is 0. The number of aromatic nitrogens is 4. The highest BCUT2D eigenvalue weighted by atomic mass is 19.1. The van der Waals surface area contributed by atoms with E-state index in [0.29, 0.717) is 18.7 Å². The number of carbonyl (C=O) groups excluding carboxylic acids is 1. The summed E-state index contributed by atoms with van der Waals surface area (Å²) >= 11 is 0. The fourth-order valence-electron chi connectivity index (χ4n) is 3.55. The van der Waals surface area contributed by atoms with Crippen molar-refractivity contribution in [3.05, 3.63) is 72.0 Å². The van der Waals surface area contributed by atoms with Gasteiger partial charge in [-0.2, -0.15) is 0 Å². The number of rotatable bonds is 3. The van der Waals surface area contributed by atoms with Crippen molar-refractivity contribution >= 4 is 5.91 Å². The van der Waals surface area contributed by atoms with Crippen LogP contribution in [0.4, 0.5) is 4.39 Å². The van der Waals surface area contributed by atoms with Gasteiger partial charge in [0, 0.05) is 49.4 Å². The van der Waals surface area contributed by atoms with Crippen molar-refractivity contribution in [2.24, 2.45) is 0 Å². The number of amides is 1. The fourth-order valence-corrected chi connectivity index (χ4v) is 3.55. The summed E-state index contributed by atoms with van der Waals surface area (Å²) in [5, 5.41) is 0. The van der Waals surface area contributed by atoms with E-state index in [4.69, 9.17) is 0 Å². The molecule has 1 amide bonds. The van der Waals surface area contributed by atoms with Gasteiger partial charge in [-0.1, -0.05) is 0 Å². The number of imidazole rings is 1. The Morgan fingerprint density at radius 3 is 2.41 bits per heavy atom. The maximum absolute atomic E-state index is 13.1. The number of carbonyl (C=O) groups is 1. The Bertz CT molecular complexity index is 945. The van der Waals surface area contributed by atoms with Gasteiger partial charge in [-0.15, -0.1) is 0 Å². The molecule has 138 valence electrons. The summed E-state index contributed by atoms with van der Waals surface area (Å²) in [5.74, 6) is 1.50. The van der Waals surface area contributed by atoms with Crippen LogP contribution in [0.15, 0.2) is 49.1 Å². The Labute approximate surface area is 156 Å². The number of hydrogen-bond acceptors (Lipinski definition) is 4. The van der Waals surface area contributed by atoms with Crippen molar-refractivity contribution in [2.45, 2.75) is 25.7 Å². The van der Waals surface area contributed by atoms with Gasteiger partial charge < -0.3 is 4.90 Å². The van der Waals surface area contributed by atoms with Gasteiger partial charge in [0.25, 0.3) is 5.91 Å². The molecule has 3 heterocycles. The van der Waals surface area contributed by atoms with E-state index in [1.807, 2.05) is 22.6 Å². The van der Waals surface area contributed by atoms with Crippen molar-refractivity contribution in [2.75, 3.05) is 13.1 Å². The standard InChI is InChI=1S/C20H20FN5O/c1-14-22-10-13-26(14)19-18(23-8-9-24-19)15-6-11-25(12-7-15)20(27)16-2-4-17(21)5-3-16/h2-5,8-10,13,15H,6-7,11-12H2,1H3. The highest BCUT2D eigenvalue weighted by Crippen LogP contribution is 2.30. The molecular formula is C20H20FN5O. The van der Waals surface area contributed by atoms with Crippen molar-refractivity contribution in [1.82, 2.24) is 24.4 Å². The zero-order valence-electron chi connectivity index (χ0n) is 15.0.